The van der Waals surface area contributed by atoms with Crippen molar-refractivity contribution in [2.75, 3.05) is 0 Å². The van der Waals surface area contributed by atoms with Crippen LogP contribution in [0.15, 0.2) is 134 Å². The van der Waals surface area contributed by atoms with Gasteiger partial charge in [-0.05, 0) is 122 Å². The molecule has 0 aliphatic rings. The Bertz CT molecular complexity index is 3220. The average Bonchev–Trinajstić information content (AvgIpc) is 3.92. The Hall–Kier alpha value is -6.46. The third kappa shape index (κ3) is 5.89. The third-order valence-corrected chi connectivity index (χ3v) is 12.4. The number of hydrogen-bond donors (Lipinski definition) is 0. The number of ether oxygens (including phenoxy) is 1. The highest BCUT2D eigenvalue weighted by molar-refractivity contribution is 6.14. The van der Waals surface area contributed by atoms with Gasteiger partial charge in [-0.2, -0.15) is 0 Å². The van der Waals surface area contributed by atoms with Crippen LogP contribution in [0.5, 0.6) is 11.5 Å². The van der Waals surface area contributed by atoms with E-state index in [1.165, 1.54) is 49.7 Å². The van der Waals surface area contributed by atoms with E-state index in [4.69, 9.17) is 14.7 Å². The predicted octanol–water partition coefficient (Wildman–Crippen LogP) is 15.2. The third-order valence-electron chi connectivity index (χ3n) is 12.4. The van der Waals surface area contributed by atoms with Crippen molar-refractivity contribution in [2.24, 2.45) is 0 Å². The second-order valence-electron chi connectivity index (χ2n) is 17.4. The van der Waals surface area contributed by atoms with Crippen molar-refractivity contribution in [1.29, 1.82) is 0 Å². The quantitative estimate of drug-likeness (QED) is 0.145. The van der Waals surface area contributed by atoms with Gasteiger partial charge < -0.3 is 4.74 Å². The van der Waals surface area contributed by atoms with Crippen LogP contribution in [0.1, 0.15) is 101 Å². The molecule has 0 spiro atoms. The molecule has 0 aliphatic carbocycles. The fourth-order valence-electron chi connectivity index (χ4n) is 9.55. The second-order valence-corrected chi connectivity index (χ2v) is 17.4. The van der Waals surface area contributed by atoms with Crippen molar-refractivity contribution < 1.29 is 4.74 Å². The van der Waals surface area contributed by atoms with Crippen LogP contribution in [0.4, 0.5) is 0 Å². The first-order valence-electron chi connectivity index (χ1n) is 21.2. The number of nitrogens with zero attached hydrogens (tertiary/aromatic N) is 4. The van der Waals surface area contributed by atoms with Gasteiger partial charge in [-0.3, -0.25) is 8.80 Å². The largest absolute Gasteiger partial charge is 0.457 e. The molecule has 0 unspecified atom stereocenters. The molecule has 5 heteroatoms. The van der Waals surface area contributed by atoms with E-state index in [1.54, 1.807) is 0 Å². The summed E-state index contributed by atoms with van der Waals surface area (Å²) < 4.78 is 11.4. The Morgan fingerprint density at radius 2 is 1.03 bits per heavy atom. The lowest BCUT2D eigenvalue weighted by molar-refractivity contribution is 0.484. The van der Waals surface area contributed by atoms with E-state index >= 15 is 0 Å². The molecule has 4 aromatic heterocycles. The molecule has 0 fully saturated rings. The standard InChI is InChI=1S/C54H50N4O/c1-31(2)38-14-11-15-39(32(3)4)51(38)35-19-24-48-45(27-35)43-23-21-36(28-46(43)53-55-25-26-57(48)53)59-37-20-22-42-44-13-9-10-18-49(44)58-50(30-56-54(58)47(42)29-37)52-40(33(5)6)16-12-17-41(52)34(7)8/h9-34H,1-8H3. The summed E-state index contributed by atoms with van der Waals surface area (Å²) >= 11 is 0. The summed E-state index contributed by atoms with van der Waals surface area (Å²) in [6.45, 7) is 18.3. The summed E-state index contributed by atoms with van der Waals surface area (Å²) in [5, 5.41) is 6.79. The molecule has 0 saturated heterocycles. The molecule has 59 heavy (non-hydrogen) atoms. The first-order valence-corrected chi connectivity index (χ1v) is 21.2. The summed E-state index contributed by atoms with van der Waals surface area (Å²) in [6.07, 6.45) is 6.02. The zero-order chi connectivity index (χ0) is 40.7. The predicted molar refractivity (Wildman–Crippen MR) is 248 cm³/mol. The molecule has 0 atom stereocenters. The summed E-state index contributed by atoms with van der Waals surface area (Å²) in [6, 6.07) is 42.0. The Labute approximate surface area is 345 Å². The maximum atomic E-state index is 6.79. The smallest absolute Gasteiger partial charge is 0.145 e. The van der Waals surface area contributed by atoms with Crippen LogP contribution < -0.4 is 4.74 Å². The minimum atomic E-state index is 0.366. The Kier molecular flexibility index (Phi) is 8.82. The van der Waals surface area contributed by atoms with Crippen molar-refractivity contribution in [3.8, 4) is 33.9 Å². The van der Waals surface area contributed by atoms with Crippen molar-refractivity contribution >= 4 is 54.6 Å². The van der Waals surface area contributed by atoms with Crippen LogP contribution in [0, 0.1) is 0 Å². The maximum Gasteiger partial charge on any atom is 0.145 e. The number of hydrogen-bond acceptors (Lipinski definition) is 3. The zero-order valence-corrected chi connectivity index (χ0v) is 35.2. The Morgan fingerprint density at radius 1 is 0.458 bits per heavy atom. The van der Waals surface area contributed by atoms with Crippen LogP contribution in [-0.4, -0.2) is 18.8 Å². The molecule has 0 bridgehead atoms. The van der Waals surface area contributed by atoms with E-state index in [0.717, 1.165) is 61.1 Å². The van der Waals surface area contributed by atoms with Gasteiger partial charge in [-0.25, -0.2) is 9.97 Å². The Balaban J connectivity index is 1.13. The van der Waals surface area contributed by atoms with Gasteiger partial charge in [0.2, 0.25) is 0 Å². The van der Waals surface area contributed by atoms with Crippen LogP contribution in [0.3, 0.4) is 0 Å². The lowest BCUT2D eigenvalue weighted by atomic mass is 9.84. The monoisotopic (exact) mass is 770 g/mol. The maximum absolute atomic E-state index is 6.79. The van der Waals surface area contributed by atoms with Gasteiger partial charge >= 0.3 is 0 Å². The first-order chi connectivity index (χ1) is 28.6. The molecular formula is C54H50N4O. The van der Waals surface area contributed by atoms with Crippen LogP contribution in [0.2, 0.25) is 0 Å². The second kappa shape index (κ2) is 14.1. The molecule has 6 aromatic carbocycles. The van der Waals surface area contributed by atoms with E-state index in [9.17, 15) is 0 Å². The fourth-order valence-corrected chi connectivity index (χ4v) is 9.55. The highest BCUT2D eigenvalue weighted by atomic mass is 16.5. The van der Waals surface area contributed by atoms with E-state index in [0.29, 0.717) is 23.7 Å². The summed E-state index contributed by atoms with van der Waals surface area (Å²) in [5.41, 5.74) is 14.6. The van der Waals surface area contributed by atoms with E-state index in [1.807, 2.05) is 6.20 Å². The zero-order valence-electron chi connectivity index (χ0n) is 35.2. The van der Waals surface area contributed by atoms with Gasteiger partial charge in [0.1, 0.15) is 22.8 Å². The SMILES string of the molecule is CC(C)c1cccc(C(C)C)c1-c1ccc2c(c1)c1ccc(Oc3ccc4c5ccccc5n5c(-c6c(C(C)C)cccc6C(C)C)cnc5c4c3)cc1c1nccn21. The number of aromatic nitrogens is 4. The van der Waals surface area contributed by atoms with Crippen molar-refractivity contribution in [2.45, 2.75) is 79.1 Å². The molecule has 0 radical (unpaired) electrons. The number of rotatable bonds is 8. The first kappa shape index (κ1) is 36.9. The van der Waals surface area contributed by atoms with Gasteiger partial charge in [0.25, 0.3) is 0 Å². The van der Waals surface area contributed by atoms with E-state index in [-0.39, 0.29) is 0 Å². The molecule has 0 N–H and O–H groups in total. The molecule has 5 nitrogen and oxygen atoms in total. The Morgan fingerprint density at radius 3 is 1.66 bits per heavy atom. The molecule has 0 amide bonds. The van der Waals surface area contributed by atoms with Gasteiger partial charge in [-0.1, -0.05) is 116 Å². The van der Waals surface area contributed by atoms with Crippen LogP contribution in [-0.2, 0) is 0 Å². The summed E-state index contributed by atoms with van der Waals surface area (Å²) in [5.74, 6) is 3.07. The highest BCUT2D eigenvalue weighted by Gasteiger charge is 2.22. The minimum Gasteiger partial charge on any atom is -0.457 e. The molecule has 292 valence electrons. The van der Waals surface area contributed by atoms with Crippen LogP contribution >= 0.6 is 0 Å². The van der Waals surface area contributed by atoms with Gasteiger partial charge in [0, 0.05) is 39.5 Å². The minimum absolute atomic E-state index is 0.366. The number of para-hydroxylation sites is 1. The molecular weight excluding hydrogens is 721 g/mol. The molecule has 4 heterocycles. The average molecular weight is 771 g/mol. The van der Waals surface area contributed by atoms with Crippen LogP contribution in [0.25, 0.3) is 77.0 Å². The van der Waals surface area contributed by atoms with Gasteiger partial charge in [0.15, 0.2) is 0 Å². The summed E-state index contributed by atoms with van der Waals surface area (Å²) in [7, 11) is 0. The van der Waals surface area contributed by atoms with E-state index < -0.39 is 0 Å². The fraction of sp³-hybridized carbons (Fsp3) is 0.222. The van der Waals surface area contributed by atoms with Gasteiger partial charge in [-0.15, -0.1) is 0 Å². The molecule has 0 aliphatic heterocycles. The number of fused-ring (bicyclic) bond motifs is 12. The topological polar surface area (TPSA) is 43.8 Å². The lowest BCUT2D eigenvalue weighted by Crippen LogP contribution is -2.02. The number of benzene rings is 6. The molecule has 10 aromatic rings. The summed E-state index contributed by atoms with van der Waals surface area (Å²) in [4.78, 5) is 10.0. The van der Waals surface area contributed by atoms with Crippen molar-refractivity contribution in [3.63, 3.8) is 0 Å². The molecule has 0 saturated carbocycles. The molecule has 10 rings (SSSR count). The van der Waals surface area contributed by atoms with Crippen molar-refractivity contribution in [3.05, 3.63) is 156 Å². The number of pyridine rings is 2. The highest BCUT2D eigenvalue weighted by Crippen LogP contribution is 2.43. The van der Waals surface area contributed by atoms with Crippen molar-refractivity contribution in [1.82, 2.24) is 18.8 Å². The van der Waals surface area contributed by atoms with E-state index in [2.05, 4.69) is 192 Å². The van der Waals surface area contributed by atoms with Gasteiger partial charge in [0.05, 0.1) is 22.9 Å². The normalized spacial score (nSPS) is 12.3. The lowest BCUT2D eigenvalue weighted by Gasteiger charge is -2.21. The number of imidazole rings is 2.